The van der Waals surface area contributed by atoms with Gasteiger partial charge in [-0.05, 0) is 49.9 Å². The van der Waals surface area contributed by atoms with Crippen LogP contribution in [0.5, 0.6) is 0 Å². The van der Waals surface area contributed by atoms with Crippen molar-refractivity contribution in [2.24, 2.45) is 5.92 Å². The maximum atomic E-state index is 13.2. The molecule has 0 spiro atoms. The summed E-state index contributed by atoms with van der Waals surface area (Å²) in [5.41, 5.74) is -0.0201. The van der Waals surface area contributed by atoms with E-state index in [-0.39, 0.29) is 17.2 Å². The summed E-state index contributed by atoms with van der Waals surface area (Å²) in [5.74, 6) is -0.640. The number of likely N-dealkylation sites (tertiary alicyclic amines) is 1. The van der Waals surface area contributed by atoms with Crippen molar-refractivity contribution < 1.29 is 26.4 Å². The summed E-state index contributed by atoms with van der Waals surface area (Å²) in [7, 11) is -4.09. The van der Waals surface area contributed by atoms with E-state index in [4.69, 9.17) is 0 Å². The minimum atomic E-state index is -4.63. The second kappa shape index (κ2) is 8.06. The molecule has 2 aromatic carbocycles. The van der Waals surface area contributed by atoms with E-state index in [2.05, 4.69) is 0 Å². The molecule has 0 N–H and O–H groups in total. The van der Waals surface area contributed by atoms with E-state index in [1.165, 1.54) is 19.9 Å². The van der Waals surface area contributed by atoms with Crippen LogP contribution in [0.4, 0.5) is 13.2 Å². The molecule has 1 saturated heterocycles. The molecule has 30 heavy (non-hydrogen) atoms. The highest BCUT2D eigenvalue weighted by molar-refractivity contribution is 7.92. The fourth-order valence-electron chi connectivity index (χ4n) is 3.81. The number of piperidine rings is 1. The minimum absolute atomic E-state index is 0.0397. The summed E-state index contributed by atoms with van der Waals surface area (Å²) in [6.07, 6.45) is -4.13. The standard InChI is InChI=1S/C22H24F3NO3S/c1-21(2,30(28,29)19-10-6-9-18(13-19)22(23,24)25)17-11-12-26(20(27)14-17)15-16-7-4-3-5-8-16/h3-10,13,17H,11-12,14-15H2,1-2H3. The fourth-order valence-corrected chi connectivity index (χ4v) is 5.59. The van der Waals surface area contributed by atoms with Gasteiger partial charge < -0.3 is 4.90 Å². The molecule has 1 atom stereocenters. The monoisotopic (exact) mass is 439 g/mol. The van der Waals surface area contributed by atoms with Gasteiger partial charge in [-0.3, -0.25) is 4.79 Å². The van der Waals surface area contributed by atoms with E-state index in [9.17, 15) is 26.4 Å². The summed E-state index contributed by atoms with van der Waals surface area (Å²) >= 11 is 0. The topological polar surface area (TPSA) is 54.5 Å². The SMILES string of the molecule is CC(C)(C1CCN(Cc2ccccc2)C(=O)C1)S(=O)(=O)c1cccc(C(F)(F)F)c1. The average Bonchev–Trinajstić information content (AvgIpc) is 2.69. The zero-order valence-electron chi connectivity index (χ0n) is 16.8. The molecule has 3 rings (SSSR count). The average molecular weight is 439 g/mol. The molecule has 1 aliphatic rings. The summed E-state index contributed by atoms with van der Waals surface area (Å²) < 4.78 is 64.2. The van der Waals surface area contributed by atoms with Crippen LogP contribution in [-0.2, 0) is 27.4 Å². The third-order valence-corrected chi connectivity index (χ3v) is 8.48. The predicted octanol–water partition coefficient (Wildman–Crippen LogP) is 4.70. The molecule has 1 aliphatic heterocycles. The highest BCUT2D eigenvalue weighted by atomic mass is 32.2. The van der Waals surface area contributed by atoms with E-state index < -0.39 is 32.2 Å². The van der Waals surface area contributed by atoms with E-state index >= 15 is 0 Å². The molecule has 0 bridgehead atoms. The van der Waals surface area contributed by atoms with Crippen LogP contribution in [0, 0.1) is 5.92 Å². The number of amides is 1. The largest absolute Gasteiger partial charge is 0.416 e. The summed E-state index contributed by atoms with van der Waals surface area (Å²) in [5, 5.41) is 0. The van der Waals surface area contributed by atoms with Gasteiger partial charge in [0, 0.05) is 19.5 Å². The van der Waals surface area contributed by atoms with Crippen LogP contribution in [0.1, 0.15) is 37.8 Å². The molecule has 1 heterocycles. The normalized spacial score (nSPS) is 18.5. The van der Waals surface area contributed by atoms with Crippen LogP contribution >= 0.6 is 0 Å². The molecule has 0 aliphatic carbocycles. The van der Waals surface area contributed by atoms with Gasteiger partial charge in [0.05, 0.1) is 15.2 Å². The molecule has 1 amide bonds. The van der Waals surface area contributed by atoms with Crippen molar-refractivity contribution in [1.82, 2.24) is 4.90 Å². The lowest BCUT2D eigenvalue weighted by Gasteiger charge is -2.39. The maximum absolute atomic E-state index is 13.2. The lowest BCUT2D eigenvalue weighted by atomic mass is 9.85. The molecule has 0 saturated carbocycles. The van der Waals surface area contributed by atoms with Crippen molar-refractivity contribution in [2.45, 2.75) is 49.1 Å². The molecule has 2 aromatic rings. The van der Waals surface area contributed by atoms with Crippen molar-refractivity contribution in [1.29, 1.82) is 0 Å². The first-order valence-electron chi connectivity index (χ1n) is 9.66. The number of hydrogen-bond donors (Lipinski definition) is 0. The lowest BCUT2D eigenvalue weighted by Crippen LogP contribution is -2.48. The van der Waals surface area contributed by atoms with Crippen LogP contribution in [0.2, 0.25) is 0 Å². The van der Waals surface area contributed by atoms with E-state index in [1.807, 2.05) is 30.3 Å². The van der Waals surface area contributed by atoms with Gasteiger partial charge in [0.1, 0.15) is 0 Å². The first kappa shape index (κ1) is 22.3. The van der Waals surface area contributed by atoms with Gasteiger partial charge >= 0.3 is 6.18 Å². The molecular weight excluding hydrogens is 415 g/mol. The molecule has 0 radical (unpaired) electrons. The molecule has 1 unspecified atom stereocenters. The molecule has 162 valence electrons. The second-order valence-corrected chi connectivity index (χ2v) is 10.7. The van der Waals surface area contributed by atoms with Crippen molar-refractivity contribution in [3.05, 3.63) is 65.7 Å². The highest BCUT2D eigenvalue weighted by Gasteiger charge is 2.46. The van der Waals surface area contributed by atoms with Crippen LogP contribution in [-0.4, -0.2) is 30.5 Å². The van der Waals surface area contributed by atoms with Gasteiger partial charge in [0.15, 0.2) is 9.84 Å². The molecular formula is C22H24F3NO3S. The summed E-state index contributed by atoms with van der Waals surface area (Å²) in [6.45, 7) is 3.84. The van der Waals surface area contributed by atoms with Crippen molar-refractivity contribution >= 4 is 15.7 Å². The number of carbonyl (C=O) groups excluding carboxylic acids is 1. The smallest absolute Gasteiger partial charge is 0.338 e. The van der Waals surface area contributed by atoms with Crippen molar-refractivity contribution in [2.75, 3.05) is 6.54 Å². The molecule has 8 heteroatoms. The highest BCUT2D eigenvalue weighted by Crippen LogP contribution is 2.40. The van der Waals surface area contributed by atoms with Gasteiger partial charge in [0.25, 0.3) is 0 Å². The third-order valence-electron chi connectivity index (χ3n) is 5.88. The Kier molecular flexibility index (Phi) is 6.00. The maximum Gasteiger partial charge on any atom is 0.416 e. The Morgan fingerprint density at radius 2 is 1.70 bits per heavy atom. The summed E-state index contributed by atoms with van der Waals surface area (Å²) in [4.78, 5) is 14.0. The number of halogens is 3. The molecule has 1 fully saturated rings. The number of alkyl halides is 3. The molecule has 0 aromatic heterocycles. The van der Waals surface area contributed by atoms with Gasteiger partial charge in [-0.1, -0.05) is 36.4 Å². The lowest BCUT2D eigenvalue weighted by molar-refractivity contribution is -0.138. The van der Waals surface area contributed by atoms with Gasteiger partial charge in [0.2, 0.25) is 5.91 Å². The van der Waals surface area contributed by atoms with Crippen LogP contribution < -0.4 is 0 Å². The van der Waals surface area contributed by atoms with Crippen LogP contribution in [0.3, 0.4) is 0 Å². The van der Waals surface area contributed by atoms with Crippen molar-refractivity contribution in [3.8, 4) is 0 Å². The number of rotatable bonds is 5. The van der Waals surface area contributed by atoms with Gasteiger partial charge in [-0.2, -0.15) is 13.2 Å². The molecule has 4 nitrogen and oxygen atoms in total. The quantitative estimate of drug-likeness (QED) is 0.679. The Morgan fingerprint density at radius 1 is 1.03 bits per heavy atom. The number of benzene rings is 2. The Balaban J connectivity index is 1.79. The fraction of sp³-hybridized carbons (Fsp3) is 0.409. The number of nitrogens with zero attached hydrogens (tertiary/aromatic N) is 1. The van der Waals surface area contributed by atoms with E-state index in [0.717, 1.165) is 17.7 Å². The number of carbonyl (C=O) groups is 1. The van der Waals surface area contributed by atoms with Crippen LogP contribution in [0.15, 0.2) is 59.5 Å². The first-order valence-corrected chi connectivity index (χ1v) is 11.1. The van der Waals surface area contributed by atoms with E-state index in [0.29, 0.717) is 25.6 Å². The number of sulfone groups is 1. The Labute approximate surface area is 174 Å². The van der Waals surface area contributed by atoms with Crippen molar-refractivity contribution in [3.63, 3.8) is 0 Å². The zero-order valence-corrected chi connectivity index (χ0v) is 17.6. The Morgan fingerprint density at radius 3 is 2.30 bits per heavy atom. The van der Waals surface area contributed by atoms with E-state index in [1.54, 1.807) is 4.90 Å². The van der Waals surface area contributed by atoms with Gasteiger partial charge in [-0.25, -0.2) is 8.42 Å². The summed E-state index contributed by atoms with van der Waals surface area (Å²) in [6, 6.07) is 13.3. The first-order chi connectivity index (χ1) is 13.9. The Bertz CT molecular complexity index is 1020. The predicted molar refractivity (Wildman–Crippen MR) is 107 cm³/mol. The minimum Gasteiger partial charge on any atom is -0.338 e. The van der Waals surface area contributed by atoms with Crippen LogP contribution in [0.25, 0.3) is 0 Å². The zero-order chi connectivity index (χ0) is 22.2. The number of hydrogen-bond acceptors (Lipinski definition) is 3. The van der Waals surface area contributed by atoms with Gasteiger partial charge in [-0.15, -0.1) is 0 Å². The second-order valence-electron chi connectivity index (χ2n) is 8.12. The Hall–Kier alpha value is -2.35. The third kappa shape index (κ3) is 4.38.